The summed E-state index contributed by atoms with van der Waals surface area (Å²) in [4.78, 5) is 23.4. The first-order valence-corrected chi connectivity index (χ1v) is 8.68. The molecule has 0 aliphatic heterocycles. The fourth-order valence-electron chi connectivity index (χ4n) is 3.54. The van der Waals surface area contributed by atoms with Gasteiger partial charge in [0.2, 0.25) is 5.91 Å². The Morgan fingerprint density at radius 2 is 1.96 bits per heavy atom. The van der Waals surface area contributed by atoms with Gasteiger partial charge in [0.05, 0.1) is 23.7 Å². The van der Waals surface area contributed by atoms with E-state index < -0.39 is 5.97 Å². The number of benzene rings is 1. The maximum atomic E-state index is 13.1. The van der Waals surface area contributed by atoms with Gasteiger partial charge in [0.25, 0.3) is 0 Å². The first kappa shape index (κ1) is 18.1. The predicted octanol–water partition coefficient (Wildman–Crippen LogP) is 2.54. The molecule has 1 heterocycles. The summed E-state index contributed by atoms with van der Waals surface area (Å²) < 4.78 is 14.8. The molecule has 6 nitrogen and oxygen atoms in total. The average Bonchev–Trinajstić information content (AvgIpc) is 3.16. The normalized spacial score (nSPS) is 19.5. The van der Waals surface area contributed by atoms with E-state index in [4.69, 9.17) is 5.11 Å². The van der Waals surface area contributed by atoms with Crippen LogP contribution in [0.2, 0.25) is 0 Å². The number of carbonyl (C=O) groups excluding carboxylic acids is 1. The zero-order chi connectivity index (χ0) is 18.8. The van der Waals surface area contributed by atoms with Crippen LogP contribution in [0.15, 0.2) is 24.3 Å². The number of hydrogen-bond acceptors (Lipinski definition) is 3. The van der Waals surface area contributed by atoms with Crippen LogP contribution in [0.25, 0.3) is 5.69 Å². The molecule has 3 rings (SSSR count). The van der Waals surface area contributed by atoms with Crippen molar-refractivity contribution < 1.29 is 19.1 Å². The molecule has 2 N–H and O–H groups in total. The summed E-state index contributed by atoms with van der Waals surface area (Å²) in [5.74, 6) is -1.61. The quantitative estimate of drug-likeness (QED) is 0.859. The van der Waals surface area contributed by atoms with Crippen LogP contribution >= 0.6 is 0 Å². The van der Waals surface area contributed by atoms with E-state index >= 15 is 0 Å². The number of halogens is 1. The zero-order valence-corrected chi connectivity index (χ0v) is 14.8. The van der Waals surface area contributed by atoms with Gasteiger partial charge in [-0.25, -0.2) is 9.07 Å². The van der Waals surface area contributed by atoms with Gasteiger partial charge in [-0.3, -0.25) is 9.59 Å². The van der Waals surface area contributed by atoms with Crippen LogP contribution < -0.4 is 5.32 Å². The molecule has 2 atom stereocenters. The molecule has 1 fully saturated rings. The number of nitrogens with one attached hydrogen (secondary N) is 1. The highest BCUT2D eigenvalue weighted by molar-refractivity contribution is 5.79. The predicted molar refractivity (Wildman–Crippen MR) is 93.6 cm³/mol. The second-order valence-corrected chi connectivity index (χ2v) is 6.83. The Morgan fingerprint density at radius 1 is 1.27 bits per heavy atom. The number of carbonyl (C=O) groups is 2. The van der Waals surface area contributed by atoms with E-state index in [1.165, 1.54) is 12.1 Å². The number of hydrogen-bond donors (Lipinski definition) is 2. The first-order chi connectivity index (χ1) is 12.3. The van der Waals surface area contributed by atoms with Gasteiger partial charge in [-0.2, -0.15) is 5.10 Å². The molecule has 1 aliphatic rings. The van der Waals surface area contributed by atoms with E-state index in [1.54, 1.807) is 16.8 Å². The molecule has 1 aromatic carbocycles. The standard InChI is InChI=1S/C19H22FN3O3/c1-11-17(10-18(24)21-15-6-3-13(9-15)19(25)26)12(2)23(22-11)16-7-4-14(20)5-8-16/h4-5,7-8,13,15H,3,6,9-10H2,1-2H3,(H,21,24)(H,25,26)/t13-,15+/m0/s1. The van der Waals surface area contributed by atoms with Crippen molar-refractivity contribution in [2.45, 2.75) is 45.6 Å². The van der Waals surface area contributed by atoms with E-state index in [1.807, 2.05) is 13.8 Å². The topological polar surface area (TPSA) is 84.2 Å². The minimum absolute atomic E-state index is 0.0867. The number of carboxylic acid groups (broad SMARTS) is 1. The van der Waals surface area contributed by atoms with Crippen LogP contribution in [0.1, 0.15) is 36.2 Å². The van der Waals surface area contributed by atoms with Crippen molar-refractivity contribution in [3.05, 3.63) is 47.0 Å². The maximum Gasteiger partial charge on any atom is 0.306 e. The Balaban J connectivity index is 1.69. The highest BCUT2D eigenvalue weighted by Crippen LogP contribution is 2.26. The second-order valence-electron chi connectivity index (χ2n) is 6.83. The van der Waals surface area contributed by atoms with Crippen LogP contribution in [0.3, 0.4) is 0 Å². The minimum atomic E-state index is -0.797. The van der Waals surface area contributed by atoms with Crippen LogP contribution in [-0.2, 0) is 16.0 Å². The van der Waals surface area contributed by atoms with Crippen molar-refractivity contribution in [2.75, 3.05) is 0 Å². The summed E-state index contributed by atoms with van der Waals surface area (Å²) in [7, 11) is 0. The summed E-state index contributed by atoms with van der Waals surface area (Å²) in [5.41, 5.74) is 3.15. The number of carboxylic acids is 1. The molecule has 26 heavy (non-hydrogen) atoms. The minimum Gasteiger partial charge on any atom is -0.481 e. The molecule has 138 valence electrons. The smallest absolute Gasteiger partial charge is 0.306 e. The Kier molecular flexibility index (Phi) is 5.06. The summed E-state index contributed by atoms with van der Waals surface area (Å²) in [6, 6.07) is 5.94. The molecule has 1 aromatic heterocycles. The van der Waals surface area contributed by atoms with Crippen molar-refractivity contribution in [3.63, 3.8) is 0 Å². The lowest BCUT2D eigenvalue weighted by Crippen LogP contribution is -2.34. The van der Waals surface area contributed by atoms with E-state index in [2.05, 4.69) is 10.4 Å². The number of aromatic nitrogens is 2. The van der Waals surface area contributed by atoms with Crippen molar-refractivity contribution in [1.82, 2.24) is 15.1 Å². The molecule has 1 saturated carbocycles. The number of aliphatic carboxylic acids is 1. The van der Waals surface area contributed by atoms with Crippen molar-refractivity contribution in [2.24, 2.45) is 5.92 Å². The second kappa shape index (κ2) is 7.27. The lowest BCUT2D eigenvalue weighted by molar-refractivity contribution is -0.141. The largest absolute Gasteiger partial charge is 0.481 e. The van der Waals surface area contributed by atoms with E-state index in [0.29, 0.717) is 19.3 Å². The van der Waals surface area contributed by atoms with Crippen molar-refractivity contribution >= 4 is 11.9 Å². The molecular formula is C19H22FN3O3. The van der Waals surface area contributed by atoms with Crippen molar-refractivity contribution in [1.29, 1.82) is 0 Å². The lowest BCUT2D eigenvalue weighted by atomic mass is 10.1. The number of rotatable bonds is 5. The third-order valence-corrected chi connectivity index (χ3v) is 5.00. The Hall–Kier alpha value is -2.70. The van der Waals surface area contributed by atoms with Crippen LogP contribution in [0.5, 0.6) is 0 Å². The van der Waals surface area contributed by atoms with Crippen LogP contribution in [0, 0.1) is 25.6 Å². The molecule has 0 saturated heterocycles. The Bertz CT molecular complexity index is 829. The van der Waals surface area contributed by atoms with Gasteiger partial charge >= 0.3 is 5.97 Å². The molecule has 0 radical (unpaired) electrons. The Labute approximate surface area is 151 Å². The average molecular weight is 359 g/mol. The van der Waals surface area contributed by atoms with Crippen LogP contribution in [-0.4, -0.2) is 32.8 Å². The SMILES string of the molecule is Cc1nn(-c2ccc(F)cc2)c(C)c1CC(=O)N[C@@H]1CC[C@H](C(=O)O)C1. The van der Waals surface area contributed by atoms with Gasteiger partial charge in [0.1, 0.15) is 5.82 Å². The summed E-state index contributed by atoms with van der Waals surface area (Å²) in [6.07, 6.45) is 1.96. The molecule has 2 aromatic rings. The summed E-state index contributed by atoms with van der Waals surface area (Å²) >= 11 is 0. The van der Waals surface area contributed by atoms with Crippen LogP contribution in [0.4, 0.5) is 4.39 Å². The molecule has 0 bridgehead atoms. The van der Waals surface area contributed by atoms with Gasteiger partial charge < -0.3 is 10.4 Å². The van der Waals surface area contributed by atoms with Gasteiger partial charge in [-0.05, 0) is 57.4 Å². The molecule has 7 heteroatoms. The van der Waals surface area contributed by atoms with E-state index in [0.717, 1.165) is 22.6 Å². The fourth-order valence-corrected chi connectivity index (χ4v) is 3.54. The molecule has 0 unspecified atom stereocenters. The Morgan fingerprint density at radius 3 is 2.58 bits per heavy atom. The molecular weight excluding hydrogens is 337 g/mol. The number of aryl methyl sites for hydroxylation is 1. The van der Waals surface area contributed by atoms with Gasteiger partial charge in [-0.15, -0.1) is 0 Å². The zero-order valence-electron chi connectivity index (χ0n) is 14.8. The molecule has 1 amide bonds. The monoisotopic (exact) mass is 359 g/mol. The summed E-state index contributed by atoms with van der Waals surface area (Å²) in [5, 5.41) is 16.5. The highest BCUT2D eigenvalue weighted by Gasteiger charge is 2.30. The van der Waals surface area contributed by atoms with Gasteiger partial charge in [0, 0.05) is 17.3 Å². The first-order valence-electron chi connectivity index (χ1n) is 8.68. The summed E-state index contributed by atoms with van der Waals surface area (Å²) in [6.45, 7) is 3.72. The van der Waals surface area contributed by atoms with Crippen molar-refractivity contribution in [3.8, 4) is 5.69 Å². The highest BCUT2D eigenvalue weighted by atomic mass is 19.1. The lowest BCUT2D eigenvalue weighted by Gasteiger charge is -2.12. The number of amides is 1. The van der Waals surface area contributed by atoms with E-state index in [-0.39, 0.29) is 30.1 Å². The third-order valence-electron chi connectivity index (χ3n) is 5.00. The fraction of sp³-hybridized carbons (Fsp3) is 0.421. The van der Waals surface area contributed by atoms with E-state index in [9.17, 15) is 14.0 Å². The maximum absolute atomic E-state index is 13.1. The van der Waals surface area contributed by atoms with Gasteiger partial charge in [-0.1, -0.05) is 0 Å². The van der Waals surface area contributed by atoms with Gasteiger partial charge in [0.15, 0.2) is 0 Å². The molecule has 0 spiro atoms. The number of nitrogens with zero attached hydrogens (tertiary/aromatic N) is 2. The molecule has 1 aliphatic carbocycles. The third kappa shape index (κ3) is 3.76.